The second-order valence-corrected chi connectivity index (χ2v) is 7.65. The van der Waals surface area contributed by atoms with Gasteiger partial charge in [-0.05, 0) is 49.1 Å². The summed E-state index contributed by atoms with van der Waals surface area (Å²) in [4.78, 5) is 27.6. The lowest BCUT2D eigenvalue weighted by atomic mass is 10.1. The van der Waals surface area contributed by atoms with E-state index in [9.17, 15) is 9.59 Å². The van der Waals surface area contributed by atoms with E-state index in [2.05, 4.69) is 11.4 Å². The van der Waals surface area contributed by atoms with Crippen LogP contribution in [-0.2, 0) is 16.0 Å². The van der Waals surface area contributed by atoms with Crippen LogP contribution in [0.3, 0.4) is 0 Å². The third kappa shape index (κ3) is 3.87. The topological polar surface area (TPSA) is 49.4 Å². The molecule has 1 aliphatic rings. The maximum atomic E-state index is 12.6. The molecule has 1 aliphatic heterocycles. The summed E-state index contributed by atoms with van der Waals surface area (Å²) in [5, 5.41) is 2.76. The number of hydrogen-bond acceptors (Lipinski definition) is 3. The molecule has 1 unspecified atom stereocenters. The van der Waals surface area contributed by atoms with Gasteiger partial charge in [-0.3, -0.25) is 9.59 Å². The first-order chi connectivity index (χ1) is 12.0. The first kappa shape index (κ1) is 17.5. The number of hydrogen-bond donors (Lipinski definition) is 1. The summed E-state index contributed by atoms with van der Waals surface area (Å²) in [6.07, 6.45) is 0.725. The van der Waals surface area contributed by atoms with Gasteiger partial charge in [-0.25, -0.2) is 0 Å². The molecule has 0 spiro atoms. The van der Waals surface area contributed by atoms with Gasteiger partial charge >= 0.3 is 0 Å². The van der Waals surface area contributed by atoms with Crippen molar-refractivity contribution in [3.63, 3.8) is 0 Å². The molecule has 1 atom stereocenters. The Balaban J connectivity index is 1.58. The number of anilines is 1. The summed E-state index contributed by atoms with van der Waals surface area (Å²) < 4.78 is 0. The Morgan fingerprint density at radius 2 is 1.92 bits per heavy atom. The van der Waals surface area contributed by atoms with Crippen LogP contribution in [0.5, 0.6) is 0 Å². The van der Waals surface area contributed by atoms with Crippen LogP contribution in [0.15, 0.2) is 47.4 Å². The molecule has 1 heterocycles. The molecule has 2 aromatic carbocycles. The number of likely N-dealkylation sites (N-methyl/N-ethyl adjacent to an activating group) is 1. The number of nitrogens with one attached hydrogen (secondary N) is 1. The van der Waals surface area contributed by atoms with Gasteiger partial charge in [-0.2, -0.15) is 0 Å². The Labute approximate surface area is 152 Å². The average Bonchev–Trinajstić information content (AvgIpc) is 3.02. The van der Waals surface area contributed by atoms with Crippen LogP contribution >= 0.6 is 11.8 Å². The molecule has 0 saturated carbocycles. The van der Waals surface area contributed by atoms with Crippen molar-refractivity contribution in [2.24, 2.45) is 0 Å². The van der Waals surface area contributed by atoms with Crippen LogP contribution < -0.4 is 5.32 Å². The molecule has 2 amide bonds. The quantitative estimate of drug-likeness (QED) is 0.915. The van der Waals surface area contributed by atoms with Gasteiger partial charge < -0.3 is 10.2 Å². The third-order valence-electron chi connectivity index (χ3n) is 4.56. The SMILES string of the molecule is Cc1cccc(NC(=O)CN(C)C(=O)C2Cc3ccccc3S2)c1C. The second-order valence-electron chi connectivity index (χ2n) is 6.41. The molecule has 1 N–H and O–H groups in total. The molecule has 2 aromatic rings. The zero-order valence-electron chi connectivity index (χ0n) is 14.7. The van der Waals surface area contributed by atoms with Crippen molar-refractivity contribution in [2.45, 2.75) is 30.4 Å². The van der Waals surface area contributed by atoms with Crippen molar-refractivity contribution in [3.05, 3.63) is 59.2 Å². The van der Waals surface area contributed by atoms with Crippen LogP contribution in [0.1, 0.15) is 16.7 Å². The van der Waals surface area contributed by atoms with Crippen molar-refractivity contribution in [1.29, 1.82) is 0 Å². The number of carbonyl (C=O) groups excluding carboxylic acids is 2. The van der Waals surface area contributed by atoms with Crippen LogP contribution in [-0.4, -0.2) is 35.6 Å². The van der Waals surface area contributed by atoms with Gasteiger partial charge in [0.15, 0.2) is 0 Å². The number of amides is 2. The molecule has 3 rings (SSSR count). The minimum Gasteiger partial charge on any atom is -0.335 e. The Hall–Kier alpha value is -2.27. The summed E-state index contributed by atoms with van der Waals surface area (Å²) in [5.74, 6) is -0.178. The number of fused-ring (bicyclic) bond motifs is 1. The van der Waals surface area contributed by atoms with E-state index in [-0.39, 0.29) is 23.6 Å². The third-order valence-corrected chi connectivity index (χ3v) is 5.86. The molecule has 0 bridgehead atoms. The van der Waals surface area contributed by atoms with Crippen molar-refractivity contribution in [2.75, 3.05) is 18.9 Å². The van der Waals surface area contributed by atoms with Crippen molar-refractivity contribution in [1.82, 2.24) is 4.90 Å². The fourth-order valence-electron chi connectivity index (χ4n) is 2.94. The molecule has 130 valence electrons. The van der Waals surface area contributed by atoms with E-state index < -0.39 is 0 Å². The minimum atomic E-state index is -0.176. The highest BCUT2D eigenvalue weighted by atomic mass is 32.2. The molecule has 5 heteroatoms. The van der Waals surface area contributed by atoms with Crippen LogP contribution in [0.2, 0.25) is 0 Å². The number of rotatable bonds is 4. The standard InChI is InChI=1S/C20H22N2O2S/c1-13-7-6-9-16(14(13)2)21-19(23)12-22(3)20(24)18-11-15-8-4-5-10-17(15)25-18/h4-10,18H,11-12H2,1-3H3,(H,21,23). The Morgan fingerprint density at radius 3 is 2.68 bits per heavy atom. The van der Waals surface area contributed by atoms with Gasteiger partial charge in [0.25, 0.3) is 0 Å². The molecule has 25 heavy (non-hydrogen) atoms. The highest BCUT2D eigenvalue weighted by Crippen LogP contribution is 2.37. The Kier molecular flexibility index (Phi) is 5.13. The van der Waals surface area contributed by atoms with Gasteiger partial charge in [0.2, 0.25) is 11.8 Å². The fourth-order valence-corrected chi connectivity index (χ4v) is 4.25. The predicted octanol–water partition coefficient (Wildman–Crippen LogP) is 3.42. The van der Waals surface area contributed by atoms with E-state index in [4.69, 9.17) is 0 Å². The van der Waals surface area contributed by atoms with Crippen LogP contribution in [0.4, 0.5) is 5.69 Å². The molecule has 4 nitrogen and oxygen atoms in total. The van der Waals surface area contributed by atoms with E-state index in [0.717, 1.165) is 28.1 Å². The van der Waals surface area contributed by atoms with Crippen LogP contribution in [0, 0.1) is 13.8 Å². The molecular formula is C20H22N2O2S. The zero-order valence-corrected chi connectivity index (χ0v) is 15.5. The van der Waals surface area contributed by atoms with E-state index >= 15 is 0 Å². The molecule has 0 saturated heterocycles. The smallest absolute Gasteiger partial charge is 0.243 e. The second kappa shape index (κ2) is 7.31. The Bertz CT molecular complexity index is 794. The monoisotopic (exact) mass is 354 g/mol. The highest BCUT2D eigenvalue weighted by molar-refractivity contribution is 8.01. The lowest BCUT2D eigenvalue weighted by Gasteiger charge is -2.20. The van der Waals surface area contributed by atoms with E-state index in [1.54, 1.807) is 18.8 Å². The van der Waals surface area contributed by atoms with Crippen LogP contribution in [0.25, 0.3) is 0 Å². The molecule has 0 fully saturated rings. The van der Waals surface area contributed by atoms with Gasteiger partial charge in [-0.1, -0.05) is 30.3 Å². The average molecular weight is 354 g/mol. The number of carbonyl (C=O) groups is 2. The molecular weight excluding hydrogens is 332 g/mol. The predicted molar refractivity (Wildman–Crippen MR) is 102 cm³/mol. The van der Waals surface area contributed by atoms with Gasteiger partial charge in [-0.15, -0.1) is 11.8 Å². The summed E-state index contributed by atoms with van der Waals surface area (Å²) in [7, 11) is 1.69. The number of thioether (sulfide) groups is 1. The summed E-state index contributed by atoms with van der Waals surface area (Å²) in [6, 6.07) is 13.9. The molecule has 0 aromatic heterocycles. The minimum absolute atomic E-state index is 0.00249. The van der Waals surface area contributed by atoms with Crippen molar-refractivity contribution < 1.29 is 9.59 Å². The first-order valence-electron chi connectivity index (χ1n) is 8.31. The summed E-state index contributed by atoms with van der Waals surface area (Å²) in [5.41, 5.74) is 4.18. The first-order valence-corrected chi connectivity index (χ1v) is 9.19. The Morgan fingerprint density at radius 1 is 1.16 bits per heavy atom. The van der Waals surface area contributed by atoms with Crippen molar-refractivity contribution in [3.8, 4) is 0 Å². The number of nitrogens with zero attached hydrogens (tertiary/aromatic N) is 1. The van der Waals surface area contributed by atoms with E-state index in [1.807, 2.05) is 50.2 Å². The maximum absolute atomic E-state index is 12.6. The normalized spacial score (nSPS) is 15.6. The van der Waals surface area contributed by atoms with Gasteiger partial charge in [0, 0.05) is 17.6 Å². The van der Waals surface area contributed by atoms with Crippen molar-refractivity contribution >= 4 is 29.3 Å². The van der Waals surface area contributed by atoms with E-state index in [0.29, 0.717) is 0 Å². The number of aryl methyl sites for hydroxylation is 1. The zero-order chi connectivity index (χ0) is 18.0. The van der Waals surface area contributed by atoms with Gasteiger partial charge in [0.1, 0.15) is 0 Å². The van der Waals surface area contributed by atoms with Gasteiger partial charge in [0.05, 0.1) is 11.8 Å². The highest BCUT2D eigenvalue weighted by Gasteiger charge is 2.30. The summed E-state index contributed by atoms with van der Waals surface area (Å²) in [6.45, 7) is 4.04. The molecule has 0 aliphatic carbocycles. The largest absolute Gasteiger partial charge is 0.335 e. The number of benzene rings is 2. The lowest BCUT2D eigenvalue weighted by molar-refractivity contribution is -0.132. The molecule has 0 radical (unpaired) electrons. The lowest BCUT2D eigenvalue weighted by Crippen LogP contribution is -2.39. The maximum Gasteiger partial charge on any atom is 0.243 e. The van der Waals surface area contributed by atoms with E-state index in [1.165, 1.54) is 10.5 Å². The summed E-state index contributed by atoms with van der Waals surface area (Å²) >= 11 is 1.59. The fraction of sp³-hybridized carbons (Fsp3) is 0.300.